The van der Waals surface area contributed by atoms with E-state index in [9.17, 15) is 9.59 Å². The highest BCUT2D eigenvalue weighted by molar-refractivity contribution is 7.08. The summed E-state index contributed by atoms with van der Waals surface area (Å²) in [6, 6.07) is 1.76. The fourth-order valence-corrected chi connectivity index (χ4v) is 1.84. The van der Waals surface area contributed by atoms with Gasteiger partial charge >= 0.3 is 0 Å². The number of thiophene rings is 1. The number of amides is 2. The van der Waals surface area contributed by atoms with Crippen molar-refractivity contribution >= 4 is 23.2 Å². The maximum absolute atomic E-state index is 11.8. The molecule has 0 aliphatic rings. The van der Waals surface area contributed by atoms with Gasteiger partial charge in [-0.3, -0.25) is 9.59 Å². The largest absolute Gasteiger partial charge is 0.355 e. The third-order valence-electron chi connectivity index (χ3n) is 2.07. The molecule has 88 valence electrons. The molecule has 1 N–H and O–H groups in total. The van der Waals surface area contributed by atoms with Crippen LogP contribution in [-0.4, -0.2) is 36.9 Å². The molecule has 1 aromatic heterocycles. The van der Waals surface area contributed by atoms with E-state index in [1.54, 1.807) is 18.5 Å². The molecule has 1 heterocycles. The lowest BCUT2D eigenvalue weighted by Crippen LogP contribution is -2.38. The Kier molecular flexibility index (Phi) is 4.98. The van der Waals surface area contributed by atoms with Crippen LogP contribution >= 0.6 is 11.3 Å². The van der Waals surface area contributed by atoms with Crippen LogP contribution in [0.5, 0.6) is 0 Å². The van der Waals surface area contributed by atoms with Gasteiger partial charge in [-0.2, -0.15) is 11.3 Å². The zero-order valence-electron chi connectivity index (χ0n) is 9.53. The molecule has 0 saturated carbocycles. The van der Waals surface area contributed by atoms with Gasteiger partial charge in [0.2, 0.25) is 5.91 Å². The van der Waals surface area contributed by atoms with E-state index in [1.807, 2.05) is 12.3 Å². The zero-order chi connectivity index (χ0) is 12.0. The lowest BCUT2D eigenvalue weighted by molar-refractivity contribution is -0.121. The van der Waals surface area contributed by atoms with E-state index in [0.717, 1.165) is 6.42 Å². The van der Waals surface area contributed by atoms with E-state index < -0.39 is 0 Å². The van der Waals surface area contributed by atoms with Gasteiger partial charge in [0.05, 0.1) is 12.1 Å². The zero-order valence-corrected chi connectivity index (χ0v) is 10.3. The van der Waals surface area contributed by atoms with E-state index in [1.165, 1.54) is 16.2 Å². The molecule has 0 bridgehead atoms. The van der Waals surface area contributed by atoms with E-state index in [2.05, 4.69) is 5.32 Å². The lowest BCUT2D eigenvalue weighted by Gasteiger charge is -2.15. The Labute approximate surface area is 99.3 Å². The molecule has 0 spiro atoms. The number of nitrogens with one attached hydrogen (secondary N) is 1. The minimum absolute atomic E-state index is 0.106. The molecule has 0 radical (unpaired) electrons. The van der Waals surface area contributed by atoms with Crippen LogP contribution in [0.2, 0.25) is 0 Å². The maximum Gasteiger partial charge on any atom is 0.254 e. The SMILES string of the molecule is CCCNC(=O)CN(C)C(=O)c1ccsc1. The van der Waals surface area contributed by atoms with Crippen molar-refractivity contribution in [2.75, 3.05) is 20.1 Å². The molecule has 5 heteroatoms. The first-order chi connectivity index (χ1) is 7.65. The average Bonchev–Trinajstić information content (AvgIpc) is 2.78. The predicted octanol–water partition coefficient (Wildman–Crippen LogP) is 1.35. The van der Waals surface area contributed by atoms with Gasteiger partial charge in [-0.25, -0.2) is 0 Å². The second-order valence-corrected chi connectivity index (χ2v) is 4.30. The Morgan fingerprint density at radius 2 is 2.25 bits per heavy atom. The van der Waals surface area contributed by atoms with Gasteiger partial charge in [-0.05, 0) is 17.9 Å². The van der Waals surface area contributed by atoms with Crippen molar-refractivity contribution in [2.24, 2.45) is 0 Å². The highest BCUT2D eigenvalue weighted by Gasteiger charge is 2.14. The molecule has 0 aliphatic carbocycles. The fourth-order valence-electron chi connectivity index (χ4n) is 1.21. The first-order valence-electron chi connectivity index (χ1n) is 5.19. The Bertz CT molecular complexity index is 349. The maximum atomic E-state index is 11.8. The first kappa shape index (κ1) is 12.7. The van der Waals surface area contributed by atoms with Crippen LogP contribution in [-0.2, 0) is 4.79 Å². The van der Waals surface area contributed by atoms with Gasteiger partial charge in [-0.15, -0.1) is 0 Å². The van der Waals surface area contributed by atoms with Gasteiger partial charge in [0.15, 0.2) is 0 Å². The summed E-state index contributed by atoms with van der Waals surface area (Å²) < 4.78 is 0. The van der Waals surface area contributed by atoms with Gasteiger partial charge < -0.3 is 10.2 Å². The second kappa shape index (κ2) is 6.27. The quantitative estimate of drug-likeness (QED) is 0.844. The van der Waals surface area contributed by atoms with E-state index in [0.29, 0.717) is 12.1 Å². The number of nitrogens with zero attached hydrogens (tertiary/aromatic N) is 1. The van der Waals surface area contributed by atoms with Crippen LogP contribution in [0.4, 0.5) is 0 Å². The lowest BCUT2D eigenvalue weighted by atomic mass is 10.3. The summed E-state index contributed by atoms with van der Waals surface area (Å²) in [5, 5.41) is 6.36. The van der Waals surface area contributed by atoms with Crippen molar-refractivity contribution < 1.29 is 9.59 Å². The Morgan fingerprint density at radius 1 is 1.50 bits per heavy atom. The summed E-state index contributed by atoms with van der Waals surface area (Å²) >= 11 is 1.47. The van der Waals surface area contributed by atoms with E-state index >= 15 is 0 Å². The van der Waals surface area contributed by atoms with Crippen LogP contribution in [0.25, 0.3) is 0 Å². The molecular weight excluding hydrogens is 224 g/mol. The molecule has 0 saturated heterocycles. The summed E-state index contributed by atoms with van der Waals surface area (Å²) in [5.74, 6) is -0.235. The summed E-state index contributed by atoms with van der Waals surface area (Å²) in [6.07, 6.45) is 0.897. The molecule has 1 rings (SSSR count). The fraction of sp³-hybridized carbons (Fsp3) is 0.455. The van der Waals surface area contributed by atoms with Crippen molar-refractivity contribution in [3.63, 3.8) is 0 Å². The average molecular weight is 240 g/mol. The minimum Gasteiger partial charge on any atom is -0.355 e. The monoisotopic (exact) mass is 240 g/mol. The summed E-state index contributed by atoms with van der Waals surface area (Å²) in [6.45, 7) is 2.74. The van der Waals surface area contributed by atoms with E-state index in [4.69, 9.17) is 0 Å². The van der Waals surface area contributed by atoms with Crippen molar-refractivity contribution in [2.45, 2.75) is 13.3 Å². The van der Waals surface area contributed by atoms with Crippen molar-refractivity contribution in [3.05, 3.63) is 22.4 Å². The van der Waals surface area contributed by atoms with Crippen LogP contribution in [0, 0.1) is 0 Å². The molecule has 4 nitrogen and oxygen atoms in total. The number of carbonyl (C=O) groups is 2. The minimum atomic E-state index is -0.118. The summed E-state index contributed by atoms with van der Waals surface area (Å²) in [7, 11) is 1.63. The number of likely N-dealkylation sites (N-methyl/N-ethyl adjacent to an activating group) is 1. The highest BCUT2D eigenvalue weighted by Crippen LogP contribution is 2.08. The number of hydrogen-bond acceptors (Lipinski definition) is 3. The summed E-state index contributed by atoms with van der Waals surface area (Å²) in [4.78, 5) is 24.6. The molecule has 0 atom stereocenters. The topological polar surface area (TPSA) is 49.4 Å². The van der Waals surface area contributed by atoms with E-state index in [-0.39, 0.29) is 18.4 Å². The molecular formula is C11H16N2O2S. The number of carbonyl (C=O) groups excluding carboxylic acids is 2. The van der Waals surface area contributed by atoms with Gasteiger partial charge in [-0.1, -0.05) is 6.92 Å². The molecule has 2 amide bonds. The summed E-state index contributed by atoms with van der Waals surface area (Å²) in [5.41, 5.74) is 0.635. The van der Waals surface area contributed by atoms with Gasteiger partial charge in [0.1, 0.15) is 0 Å². The molecule has 0 unspecified atom stereocenters. The van der Waals surface area contributed by atoms with Crippen LogP contribution in [0.15, 0.2) is 16.8 Å². The Hall–Kier alpha value is -1.36. The van der Waals surface area contributed by atoms with Crippen LogP contribution in [0.3, 0.4) is 0 Å². The number of rotatable bonds is 5. The molecule has 0 aromatic carbocycles. The molecule has 16 heavy (non-hydrogen) atoms. The van der Waals surface area contributed by atoms with Crippen molar-refractivity contribution in [1.82, 2.24) is 10.2 Å². The predicted molar refractivity (Wildman–Crippen MR) is 64.6 cm³/mol. The molecule has 0 fully saturated rings. The van der Waals surface area contributed by atoms with Gasteiger partial charge in [0.25, 0.3) is 5.91 Å². The Balaban J connectivity index is 2.43. The number of hydrogen-bond donors (Lipinski definition) is 1. The molecule has 0 aliphatic heterocycles. The smallest absolute Gasteiger partial charge is 0.254 e. The highest BCUT2D eigenvalue weighted by atomic mass is 32.1. The standard InChI is InChI=1S/C11H16N2O2S/c1-3-5-12-10(14)7-13(2)11(15)9-4-6-16-8-9/h4,6,8H,3,5,7H2,1-2H3,(H,12,14). The molecule has 1 aromatic rings. The van der Waals surface area contributed by atoms with Gasteiger partial charge in [0, 0.05) is 19.0 Å². The van der Waals surface area contributed by atoms with Crippen LogP contribution < -0.4 is 5.32 Å². The Morgan fingerprint density at radius 3 is 2.81 bits per heavy atom. The van der Waals surface area contributed by atoms with Crippen LogP contribution in [0.1, 0.15) is 23.7 Å². The first-order valence-corrected chi connectivity index (χ1v) is 6.13. The van der Waals surface area contributed by atoms with Crippen molar-refractivity contribution in [1.29, 1.82) is 0 Å². The second-order valence-electron chi connectivity index (χ2n) is 3.52. The third-order valence-corrected chi connectivity index (χ3v) is 2.75. The third kappa shape index (κ3) is 3.66. The van der Waals surface area contributed by atoms with Crippen molar-refractivity contribution in [3.8, 4) is 0 Å². The normalized spacial score (nSPS) is 9.88.